The third-order valence-electron chi connectivity index (χ3n) is 2.49. The molecule has 0 aromatic rings. The fourth-order valence-electron chi connectivity index (χ4n) is 1.94. The van der Waals surface area contributed by atoms with Gasteiger partial charge < -0.3 is 0 Å². The fraction of sp³-hybridized carbons (Fsp3) is 1.00. The van der Waals surface area contributed by atoms with Gasteiger partial charge in [-0.05, 0) is 30.6 Å². The molecule has 0 atom stereocenters. The van der Waals surface area contributed by atoms with Crippen LogP contribution in [-0.2, 0) is 9.05 Å². The molecule has 1 fully saturated rings. The van der Waals surface area contributed by atoms with E-state index in [9.17, 15) is 8.42 Å². The molecule has 0 N–H and O–H groups in total. The van der Waals surface area contributed by atoms with Gasteiger partial charge in [0, 0.05) is 10.7 Å². The summed E-state index contributed by atoms with van der Waals surface area (Å²) in [7, 11) is 1.96. The first-order valence-corrected chi connectivity index (χ1v) is 6.99. The average Bonchev–Trinajstić information content (AvgIpc) is 1.71. The molecule has 78 valence electrons. The van der Waals surface area contributed by atoms with Gasteiger partial charge in [-0.3, -0.25) is 0 Å². The van der Waals surface area contributed by atoms with Crippen LogP contribution >= 0.6 is 10.7 Å². The van der Waals surface area contributed by atoms with Crippen molar-refractivity contribution in [2.75, 3.05) is 0 Å². The molecule has 0 radical (unpaired) electrons. The predicted octanol–water partition coefficient (Wildman–Crippen LogP) is 2.77. The quantitative estimate of drug-likeness (QED) is 0.676. The van der Waals surface area contributed by atoms with Crippen molar-refractivity contribution in [3.8, 4) is 0 Å². The van der Waals surface area contributed by atoms with Gasteiger partial charge in [-0.15, -0.1) is 0 Å². The van der Waals surface area contributed by atoms with Crippen molar-refractivity contribution < 1.29 is 8.42 Å². The van der Waals surface area contributed by atoms with Crippen LogP contribution in [0.5, 0.6) is 0 Å². The maximum Gasteiger partial charge on any atom is 0.235 e. The van der Waals surface area contributed by atoms with Crippen LogP contribution in [-0.4, -0.2) is 13.7 Å². The molecule has 2 nitrogen and oxygen atoms in total. The molecular formula is C9H17ClO2S. The first-order chi connectivity index (χ1) is 5.68. The summed E-state index contributed by atoms with van der Waals surface area (Å²) >= 11 is 0. The van der Waals surface area contributed by atoms with Gasteiger partial charge in [0.25, 0.3) is 0 Å². The molecule has 0 aromatic carbocycles. The number of halogens is 1. The molecule has 0 bridgehead atoms. The van der Waals surface area contributed by atoms with E-state index in [0.717, 1.165) is 19.3 Å². The standard InChI is InChI=1S/C9H17ClO2S/c1-9(2,3)6-7-4-8(5-7)13(10,11)12/h7-8H,4-6H2,1-3H3. The van der Waals surface area contributed by atoms with Crippen molar-refractivity contribution in [1.82, 2.24) is 0 Å². The lowest BCUT2D eigenvalue weighted by Gasteiger charge is -2.37. The van der Waals surface area contributed by atoms with Gasteiger partial charge in [0.1, 0.15) is 0 Å². The van der Waals surface area contributed by atoms with Crippen molar-refractivity contribution in [2.45, 2.75) is 45.3 Å². The molecule has 0 aromatic heterocycles. The van der Waals surface area contributed by atoms with Gasteiger partial charge in [-0.2, -0.15) is 0 Å². The lowest BCUT2D eigenvalue weighted by atomic mass is 9.74. The Kier molecular flexibility index (Phi) is 2.98. The number of hydrogen-bond donors (Lipinski definition) is 0. The van der Waals surface area contributed by atoms with Crippen LogP contribution in [0.4, 0.5) is 0 Å². The van der Waals surface area contributed by atoms with E-state index in [1.165, 1.54) is 0 Å². The Morgan fingerprint density at radius 3 is 2.08 bits per heavy atom. The van der Waals surface area contributed by atoms with E-state index in [2.05, 4.69) is 20.8 Å². The second-order valence-electron chi connectivity index (χ2n) is 5.20. The van der Waals surface area contributed by atoms with Gasteiger partial charge >= 0.3 is 0 Å². The summed E-state index contributed by atoms with van der Waals surface area (Å²) in [6.45, 7) is 6.53. The third kappa shape index (κ3) is 3.47. The van der Waals surface area contributed by atoms with Crippen molar-refractivity contribution >= 4 is 19.7 Å². The Morgan fingerprint density at radius 2 is 1.77 bits per heavy atom. The SMILES string of the molecule is CC(C)(C)CC1CC(S(=O)(=O)Cl)C1. The van der Waals surface area contributed by atoms with Gasteiger partial charge in [0.15, 0.2) is 0 Å². The van der Waals surface area contributed by atoms with Crippen LogP contribution in [0.3, 0.4) is 0 Å². The highest BCUT2D eigenvalue weighted by Gasteiger charge is 2.38. The lowest BCUT2D eigenvalue weighted by Crippen LogP contribution is -2.35. The monoisotopic (exact) mass is 224 g/mol. The first kappa shape index (κ1) is 11.3. The Balaban J connectivity index is 2.35. The Labute approximate surface area is 85.1 Å². The second-order valence-corrected chi connectivity index (χ2v) is 8.11. The normalized spacial score (nSPS) is 29.8. The highest BCUT2D eigenvalue weighted by molar-refractivity contribution is 8.14. The molecule has 13 heavy (non-hydrogen) atoms. The van der Waals surface area contributed by atoms with Crippen LogP contribution in [0, 0.1) is 11.3 Å². The molecule has 1 rings (SSSR count). The molecule has 0 saturated heterocycles. The lowest BCUT2D eigenvalue weighted by molar-refractivity contribution is 0.210. The molecule has 0 heterocycles. The number of rotatable bonds is 2. The minimum Gasteiger partial charge on any atom is -0.212 e. The molecule has 1 aliphatic rings. The van der Waals surface area contributed by atoms with Crippen molar-refractivity contribution in [3.63, 3.8) is 0 Å². The molecule has 0 spiro atoms. The van der Waals surface area contributed by atoms with E-state index in [4.69, 9.17) is 10.7 Å². The van der Waals surface area contributed by atoms with E-state index >= 15 is 0 Å². The van der Waals surface area contributed by atoms with Crippen LogP contribution in [0.1, 0.15) is 40.0 Å². The number of hydrogen-bond acceptors (Lipinski definition) is 2. The van der Waals surface area contributed by atoms with E-state index in [1.807, 2.05) is 0 Å². The molecule has 0 unspecified atom stereocenters. The highest BCUT2D eigenvalue weighted by atomic mass is 35.7. The van der Waals surface area contributed by atoms with Crippen molar-refractivity contribution in [1.29, 1.82) is 0 Å². The molecule has 1 saturated carbocycles. The summed E-state index contributed by atoms with van der Waals surface area (Å²) < 4.78 is 21.8. The van der Waals surface area contributed by atoms with Crippen LogP contribution in [0.25, 0.3) is 0 Å². The first-order valence-electron chi connectivity index (χ1n) is 4.62. The topological polar surface area (TPSA) is 34.1 Å². The molecule has 0 amide bonds. The van der Waals surface area contributed by atoms with Gasteiger partial charge in [0.05, 0.1) is 5.25 Å². The molecular weight excluding hydrogens is 208 g/mol. The zero-order chi connectivity index (χ0) is 10.3. The third-order valence-corrected chi connectivity index (χ3v) is 4.43. The Morgan fingerprint density at radius 1 is 1.31 bits per heavy atom. The van der Waals surface area contributed by atoms with Gasteiger partial charge in [-0.25, -0.2) is 8.42 Å². The van der Waals surface area contributed by atoms with E-state index in [-0.39, 0.29) is 5.25 Å². The minimum absolute atomic E-state index is 0.276. The van der Waals surface area contributed by atoms with Gasteiger partial charge in [-0.1, -0.05) is 20.8 Å². The van der Waals surface area contributed by atoms with E-state index in [1.54, 1.807) is 0 Å². The van der Waals surface area contributed by atoms with Crippen LogP contribution < -0.4 is 0 Å². The van der Waals surface area contributed by atoms with Gasteiger partial charge in [0.2, 0.25) is 9.05 Å². The molecule has 1 aliphatic carbocycles. The van der Waals surface area contributed by atoms with Crippen LogP contribution in [0.2, 0.25) is 0 Å². The molecule has 0 aliphatic heterocycles. The minimum atomic E-state index is -3.28. The summed E-state index contributed by atoms with van der Waals surface area (Å²) in [5, 5.41) is -0.276. The maximum atomic E-state index is 10.9. The summed E-state index contributed by atoms with van der Waals surface area (Å²) in [5.41, 5.74) is 0.297. The zero-order valence-corrected chi connectivity index (χ0v) is 9.95. The van der Waals surface area contributed by atoms with Crippen LogP contribution in [0.15, 0.2) is 0 Å². The average molecular weight is 225 g/mol. The summed E-state index contributed by atoms with van der Waals surface area (Å²) in [6, 6.07) is 0. The highest BCUT2D eigenvalue weighted by Crippen LogP contribution is 2.41. The predicted molar refractivity (Wildman–Crippen MR) is 55.4 cm³/mol. The van der Waals surface area contributed by atoms with E-state index in [0.29, 0.717) is 11.3 Å². The second kappa shape index (κ2) is 3.43. The molecule has 4 heteroatoms. The summed E-state index contributed by atoms with van der Waals surface area (Å²) in [5.74, 6) is 0.554. The summed E-state index contributed by atoms with van der Waals surface area (Å²) in [4.78, 5) is 0. The summed E-state index contributed by atoms with van der Waals surface area (Å²) in [6.07, 6.45) is 2.60. The fourth-order valence-corrected chi connectivity index (χ4v) is 3.38. The maximum absolute atomic E-state index is 10.9. The smallest absolute Gasteiger partial charge is 0.212 e. The zero-order valence-electron chi connectivity index (χ0n) is 8.38. The van der Waals surface area contributed by atoms with Crippen molar-refractivity contribution in [2.24, 2.45) is 11.3 Å². The van der Waals surface area contributed by atoms with Crippen molar-refractivity contribution in [3.05, 3.63) is 0 Å². The largest absolute Gasteiger partial charge is 0.235 e. The Hall–Kier alpha value is 0.240. The van der Waals surface area contributed by atoms with E-state index < -0.39 is 9.05 Å². The Bertz CT molecular complexity index is 270.